The van der Waals surface area contributed by atoms with Gasteiger partial charge in [0, 0.05) is 24.2 Å². The van der Waals surface area contributed by atoms with Crippen molar-refractivity contribution in [3.63, 3.8) is 0 Å². The largest absolute Gasteiger partial charge is 0.423 e. The van der Waals surface area contributed by atoms with E-state index < -0.39 is 0 Å². The number of para-hydroxylation sites is 1. The Morgan fingerprint density at radius 3 is 2.92 bits per heavy atom. The smallest absolute Gasteiger partial charge is 0.243 e. The minimum absolute atomic E-state index is 0.0175. The molecule has 0 aliphatic carbocycles. The zero-order chi connectivity index (χ0) is 18.1. The van der Waals surface area contributed by atoms with E-state index in [9.17, 15) is 4.79 Å². The second-order valence-corrected chi connectivity index (χ2v) is 6.81. The van der Waals surface area contributed by atoms with Crippen molar-refractivity contribution in [2.45, 2.75) is 32.4 Å². The number of carbonyl (C=O) groups is 1. The second-order valence-electron chi connectivity index (χ2n) is 6.81. The Bertz CT molecular complexity index is 914. The lowest BCUT2D eigenvalue weighted by atomic mass is 10.2. The number of rotatable bonds is 4. The predicted molar refractivity (Wildman–Crippen MR) is 95.6 cm³/mol. The molecule has 0 unspecified atom stereocenters. The van der Waals surface area contributed by atoms with E-state index in [0.29, 0.717) is 31.5 Å². The van der Waals surface area contributed by atoms with Crippen LogP contribution in [0.2, 0.25) is 0 Å². The van der Waals surface area contributed by atoms with Gasteiger partial charge in [-0.15, -0.1) is 10.2 Å². The summed E-state index contributed by atoms with van der Waals surface area (Å²) in [5.74, 6) is 1.19. The lowest BCUT2D eigenvalue weighted by Gasteiger charge is -2.33. The number of benzene rings is 1. The van der Waals surface area contributed by atoms with E-state index in [1.807, 2.05) is 54.9 Å². The third-order valence-electron chi connectivity index (χ3n) is 4.67. The van der Waals surface area contributed by atoms with Gasteiger partial charge in [0.1, 0.15) is 12.6 Å². The Labute approximate surface area is 151 Å². The number of hydrogen-bond donors (Lipinski definition) is 0. The third kappa shape index (κ3) is 3.10. The summed E-state index contributed by atoms with van der Waals surface area (Å²) >= 11 is 0. The van der Waals surface area contributed by atoms with Crippen LogP contribution in [0, 0.1) is 0 Å². The van der Waals surface area contributed by atoms with Crippen molar-refractivity contribution in [1.29, 1.82) is 0 Å². The van der Waals surface area contributed by atoms with Gasteiger partial charge in [-0.05, 0) is 17.5 Å². The van der Waals surface area contributed by atoms with E-state index in [1.165, 1.54) is 0 Å². The molecule has 0 saturated carbocycles. The minimum Gasteiger partial charge on any atom is -0.423 e. The molecule has 0 bridgehead atoms. The first kappa shape index (κ1) is 16.8. The molecule has 0 N–H and O–H groups in total. The Hall–Kier alpha value is -2.67. The van der Waals surface area contributed by atoms with Crippen LogP contribution in [0.25, 0.3) is 10.9 Å². The highest BCUT2D eigenvalue weighted by Gasteiger charge is 2.33. The standard InChI is InChI=1S/C19H22N4O3/c1-13(2)18-20-21-19(26-18)16-12-25-10-9-23(16)17(24)11-22-8-7-14-5-3-4-6-15(14)22/h3-8,13,16H,9-12H2,1-2H3/t16-/m0/s1. The van der Waals surface area contributed by atoms with Crippen LogP contribution in [0.5, 0.6) is 0 Å². The summed E-state index contributed by atoms with van der Waals surface area (Å²) in [7, 11) is 0. The fourth-order valence-electron chi connectivity index (χ4n) is 3.24. The average molecular weight is 354 g/mol. The number of hydrogen-bond acceptors (Lipinski definition) is 5. The highest BCUT2D eigenvalue weighted by molar-refractivity contribution is 5.83. The van der Waals surface area contributed by atoms with Crippen LogP contribution in [0.1, 0.15) is 37.6 Å². The molecule has 0 radical (unpaired) electrons. The molecule has 4 rings (SSSR count). The van der Waals surface area contributed by atoms with Crippen molar-refractivity contribution in [3.8, 4) is 0 Å². The quantitative estimate of drug-likeness (QED) is 0.720. The van der Waals surface area contributed by atoms with Gasteiger partial charge in [0.2, 0.25) is 17.7 Å². The average Bonchev–Trinajstić information content (AvgIpc) is 3.30. The van der Waals surface area contributed by atoms with Gasteiger partial charge in [-0.25, -0.2) is 0 Å². The molecular weight excluding hydrogens is 332 g/mol. The van der Waals surface area contributed by atoms with Crippen LogP contribution < -0.4 is 0 Å². The molecule has 0 spiro atoms. The molecule has 3 heterocycles. The Morgan fingerprint density at radius 2 is 2.12 bits per heavy atom. The lowest BCUT2D eigenvalue weighted by Crippen LogP contribution is -2.44. The van der Waals surface area contributed by atoms with Gasteiger partial charge in [-0.3, -0.25) is 4.79 Å². The Kier molecular flexibility index (Phi) is 4.46. The van der Waals surface area contributed by atoms with Gasteiger partial charge in [0.25, 0.3) is 0 Å². The first-order chi connectivity index (χ1) is 12.6. The van der Waals surface area contributed by atoms with Gasteiger partial charge in [-0.2, -0.15) is 0 Å². The van der Waals surface area contributed by atoms with E-state index in [0.717, 1.165) is 10.9 Å². The summed E-state index contributed by atoms with van der Waals surface area (Å²) in [6.07, 6.45) is 1.95. The number of amides is 1. The maximum Gasteiger partial charge on any atom is 0.243 e. The van der Waals surface area contributed by atoms with Crippen molar-refractivity contribution in [1.82, 2.24) is 19.7 Å². The normalized spacial score (nSPS) is 18.0. The molecule has 1 saturated heterocycles. The fourth-order valence-corrected chi connectivity index (χ4v) is 3.24. The zero-order valence-electron chi connectivity index (χ0n) is 15.0. The van der Waals surface area contributed by atoms with Crippen molar-refractivity contribution in [2.24, 2.45) is 0 Å². The van der Waals surface area contributed by atoms with E-state index >= 15 is 0 Å². The lowest BCUT2D eigenvalue weighted by molar-refractivity contribution is -0.141. The van der Waals surface area contributed by atoms with Crippen molar-refractivity contribution in [3.05, 3.63) is 48.3 Å². The molecule has 26 heavy (non-hydrogen) atoms. The summed E-state index contributed by atoms with van der Waals surface area (Å²) in [5, 5.41) is 9.35. The molecule has 1 aliphatic rings. The maximum absolute atomic E-state index is 13.0. The number of ether oxygens (including phenoxy) is 1. The third-order valence-corrected chi connectivity index (χ3v) is 4.67. The van der Waals surface area contributed by atoms with E-state index in [1.54, 1.807) is 4.90 Å². The molecule has 2 aromatic heterocycles. The summed E-state index contributed by atoms with van der Waals surface area (Å²) in [6, 6.07) is 9.72. The molecule has 7 nitrogen and oxygen atoms in total. The molecule has 7 heteroatoms. The van der Waals surface area contributed by atoms with Crippen molar-refractivity contribution in [2.75, 3.05) is 19.8 Å². The van der Waals surface area contributed by atoms with Crippen LogP contribution in [0.4, 0.5) is 0 Å². The van der Waals surface area contributed by atoms with Crippen LogP contribution in [0.15, 0.2) is 40.9 Å². The van der Waals surface area contributed by atoms with Gasteiger partial charge >= 0.3 is 0 Å². The molecule has 1 aromatic carbocycles. The molecule has 3 aromatic rings. The SMILES string of the molecule is CC(C)c1nnc([C@@H]2COCCN2C(=O)Cn2ccc3ccccc32)o1. The van der Waals surface area contributed by atoms with Crippen LogP contribution in [-0.4, -0.2) is 45.3 Å². The summed E-state index contributed by atoms with van der Waals surface area (Å²) in [4.78, 5) is 14.8. The molecule has 1 fully saturated rings. The highest BCUT2D eigenvalue weighted by atomic mass is 16.5. The first-order valence-corrected chi connectivity index (χ1v) is 8.88. The second kappa shape index (κ2) is 6.92. The number of carbonyl (C=O) groups excluding carboxylic acids is 1. The Morgan fingerprint density at radius 1 is 1.27 bits per heavy atom. The van der Waals surface area contributed by atoms with Crippen LogP contribution >= 0.6 is 0 Å². The number of aromatic nitrogens is 3. The van der Waals surface area contributed by atoms with Gasteiger partial charge in [0.05, 0.1) is 13.2 Å². The minimum atomic E-state index is -0.335. The van der Waals surface area contributed by atoms with Gasteiger partial charge in [-0.1, -0.05) is 32.0 Å². The highest BCUT2D eigenvalue weighted by Crippen LogP contribution is 2.26. The predicted octanol–water partition coefficient (Wildman–Crippen LogP) is 2.75. The van der Waals surface area contributed by atoms with Gasteiger partial charge < -0.3 is 18.6 Å². The molecule has 1 aliphatic heterocycles. The molecule has 1 atom stereocenters. The summed E-state index contributed by atoms with van der Waals surface area (Å²) < 4.78 is 13.3. The Balaban J connectivity index is 1.56. The zero-order valence-corrected chi connectivity index (χ0v) is 15.0. The van der Waals surface area contributed by atoms with E-state index in [2.05, 4.69) is 10.2 Å². The first-order valence-electron chi connectivity index (χ1n) is 8.88. The summed E-state index contributed by atoms with van der Waals surface area (Å²) in [5.41, 5.74) is 1.05. The number of fused-ring (bicyclic) bond motifs is 1. The van der Waals surface area contributed by atoms with E-state index in [4.69, 9.17) is 9.15 Å². The molecule has 136 valence electrons. The van der Waals surface area contributed by atoms with Crippen LogP contribution in [-0.2, 0) is 16.1 Å². The fraction of sp³-hybridized carbons (Fsp3) is 0.421. The van der Waals surface area contributed by atoms with Crippen molar-refractivity contribution < 1.29 is 13.9 Å². The van der Waals surface area contributed by atoms with Crippen LogP contribution in [0.3, 0.4) is 0 Å². The maximum atomic E-state index is 13.0. The number of nitrogens with zero attached hydrogens (tertiary/aromatic N) is 4. The van der Waals surface area contributed by atoms with E-state index in [-0.39, 0.29) is 24.4 Å². The topological polar surface area (TPSA) is 73.4 Å². The van der Waals surface area contributed by atoms with Gasteiger partial charge in [0.15, 0.2) is 0 Å². The monoisotopic (exact) mass is 354 g/mol. The molecular formula is C19H22N4O3. The van der Waals surface area contributed by atoms with Crippen molar-refractivity contribution >= 4 is 16.8 Å². The number of morpholine rings is 1. The molecule has 1 amide bonds. The summed E-state index contributed by atoms with van der Waals surface area (Å²) in [6.45, 7) is 5.67.